The number of rotatable bonds is 5. The van der Waals surface area contributed by atoms with Gasteiger partial charge in [0.15, 0.2) is 0 Å². The highest BCUT2D eigenvalue weighted by Gasteiger charge is 2.26. The molecule has 5 heteroatoms. The SMILES string of the molecule is CCCC[C@@H]1C=CCN1C(=O)c1csc(-c2cccs2)n1. The Balaban J connectivity index is 1.73. The molecule has 0 bridgehead atoms. The van der Waals surface area contributed by atoms with Crippen molar-refractivity contribution in [1.29, 1.82) is 0 Å². The van der Waals surface area contributed by atoms with E-state index in [9.17, 15) is 4.79 Å². The van der Waals surface area contributed by atoms with E-state index in [-0.39, 0.29) is 11.9 Å². The molecule has 0 aromatic carbocycles. The number of thiophene rings is 1. The Labute approximate surface area is 132 Å². The van der Waals surface area contributed by atoms with Crippen LogP contribution in [-0.4, -0.2) is 28.4 Å². The highest BCUT2D eigenvalue weighted by molar-refractivity contribution is 7.20. The molecular formula is C16H18N2OS2. The van der Waals surface area contributed by atoms with E-state index in [0.717, 1.165) is 29.1 Å². The van der Waals surface area contributed by atoms with E-state index in [1.807, 2.05) is 27.8 Å². The summed E-state index contributed by atoms with van der Waals surface area (Å²) in [5, 5.41) is 4.85. The van der Waals surface area contributed by atoms with Gasteiger partial charge in [0.2, 0.25) is 0 Å². The minimum absolute atomic E-state index is 0.0557. The average Bonchev–Trinajstić information content (AvgIpc) is 3.24. The fourth-order valence-corrected chi connectivity index (χ4v) is 4.11. The summed E-state index contributed by atoms with van der Waals surface area (Å²) >= 11 is 3.20. The number of aromatic nitrogens is 1. The monoisotopic (exact) mass is 318 g/mol. The normalized spacial score (nSPS) is 17.6. The summed E-state index contributed by atoms with van der Waals surface area (Å²) in [6.07, 6.45) is 7.59. The number of thiazole rings is 1. The summed E-state index contributed by atoms with van der Waals surface area (Å²) < 4.78 is 0. The van der Waals surface area contributed by atoms with Crippen LogP contribution in [0.25, 0.3) is 9.88 Å². The molecule has 21 heavy (non-hydrogen) atoms. The largest absolute Gasteiger partial charge is 0.327 e. The predicted octanol–water partition coefficient (Wildman–Crippen LogP) is 4.44. The van der Waals surface area contributed by atoms with Crippen molar-refractivity contribution in [2.24, 2.45) is 0 Å². The summed E-state index contributed by atoms with van der Waals surface area (Å²) in [5.41, 5.74) is 0.577. The van der Waals surface area contributed by atoms with Crippen LogP contribution in [0.3, 0.4) is 0 Å². The maximum absolute atomic E-state index is 12.6. The van der Waals surface area contributed by atoms with Crippen LogP contribution in [0.1, 0.15) is 36.7 Å². The molecule has 3 rings (SSSR count). The zero-order chi connectivity index (χ0) is 14.7. The molecule has 1 aliphatic rings. The molecule has 1 aliphatic heterocycles. The number of carbonyl (C=O) groups excluding carboxylic acids is 1. The van der Waals surface area contributed by atoms with E-state index in [4.69, 9.17) is 0 Å². The molecule has 3 heterocycles. The smallest absolute Gasteiger partial charge is 0.274 e. The number of nitrogens with zero attached hydrogens (tertiary/aromatic N) is 2. The Kier molecular flexibility index (Phi) is 4.51. The molecule has 2 aromatic heterocycles. The van der Waals surface area contributed by atoms with Crippen LogP contribution < -0.4 is 0 Å². The van der Waals surface area contributed by atoms with Crippen LogP contribution in [0.4, 0.5) is 0 Å². The lowest BCUT2D eigenvalue weighted by Gasteiger charge is -2.23. The van der Waals surface area contributed by atoms with Crippen molar-refractivity contribution in [1.82, 2.24) is 9.88 Å². The first-order valence-electron chi connectivity index (χ1n) is 7.26. The minimum Gasteiger partial charge on any atom is -0.327 e. The molecule has 0 aliphatic carbocycles. The molecule has 1 amide bonds. The van der Waals surface area contributed by atoms with Gasteiger partial charge < -0.3 is 4.90 Å². The van der Waals surface area contributed by atoms with Gasteiger partial charge in [-0.3, -0.25) is 4.79 Å². The van der Waals surface area contributed by atoms with Crippen molar-refractivity contribution in [3.05, 3.63) is 40.7 Å². The highest BCUT2D eigenvalue weighted by Crippen LogP contribution is 2.29. The third kappa shape index (κ3) is 3.09. The molecule has 0 unspecified atom stereocenters. The summed E-state index contributed by atoms with van der Waals surface area (Å²) in [4.78, 5) is 20.2. The van der Waals surface area contributed by atoms with Gasteiger partial charge in [0.25, 0.3) is 5.91 Å². The van der Waals surface area contributed by atoms with E-state index >= 15 is 0 Å². The third-order valence-corrected chi connectivity index (χ3v) is 5.51. The van der Waals surface area contributed by atoms with Gasteiger partial charge >= 0.3 is 0 Å². The van der Waals surface area contributed by atoms with E-state index < -0.39 is 0 Å². The minimum atomic E-state index is 0.0557. The summed E-state index contributed by atoms with van der Waals surface area (Å²) in [6.45, 7) is 2.89. The third-order valence-electron chi connectivity index (χ3n) is 3.63. The van der Waals surface area contributed by atoms with Gasteiger partial charge in [0.1, 0.15) is 10.7 Å². The quantitative estimate of drug-likeness (QED) is 0.763. The van der Waals surface area contributed by atoms with Gasteiger partial charge in [-0.1, -0.05) is 38.0 Å². The standard InChI is InChI=1S/C16H18N2OS2/c1-2-3-6-12-7-4-9-18(12)16(19)13-11-21-15(17-13)14-8-5-10-20-14/h4-5,7-8,10-12H,2-3,6,9H2,1H3/t12-/m1/s1. The van der Waals surface area contributed by atoms with Gasteiger partial charge in [0.05, 0.1) is 10.9 Å². The van der Waals surface area contributed by atoms with Crippen LogP contribution in [0, 0.1) is 0 Å². The Morgan fingerprint density at radius 2 is 2.38 bits per heavy atom. The van der Waals surface area contributed by atoms with E-state index in [0.29, 0.717) is 12.2 Å². The first-order valence-corrected chi connectivity index (χ1v) is 9.02. The topological polar surface area (TPSA) is 33.2 Å². The second-order valence-corrected chi connectivity index (χ2v) is 6.92. The van der Waals surface area contributed by atoms with Gasteiger partial charge in [-0.05, 0) is 17.9 Å². The number of hydrogen-bond donors (Lipinski definition) is 0. The molecule has 3 nitrogen and oxygen atoms in total. The second kappa shape index (κ2) is 6.54. The first kappa shape index (κ1) is 14.5. The Morgan fingerprint density at radius 3 is 3.14 bits per heavy atom. The number of carbonyl (C=O) groups is 1. The van der Waals surface area contributed by atoms with E-state index in [2.05, 4.69) is 24.1 Å². The molecule has 110 valence electrons. The maximum Gasteiger partial charge on any atom is 0.274 e. The van der Waals surface area contributed by atoms with Crippen LogP contribution >= 0.6 is 22.7 Å². The molecular weight excluding hydrogens is 300 g/mol. The van der Waals surface area contributed by atoms with Crippen molar-refractivity contribution in [2.45, 2.75) is 32.2 Å². The van der Waals surface area contributed by atoms with Gasteiger partial charge in [-0.15, -0.1) is 22.7 Å². The fraction of sp³-hybridized carbons (Fsp3) is 0.375. The van der Waals surface area contributed by atoms with Crippen molar-refractivity contribution < 1.29 is 4.79 Å². The lowest BCUT2D eigenvalue weighted by atomic mass is 10.1. The van der Waals surface area contributed by atoms with Gasteiger partial charge in [-0.25, -0.2) is 4.98 Å². The lowest BCUT2D eigenvalue weighted by Crippen LogP contribution is -2.36. The maximum atomic E-state index is 12.6. The number of hydrogen-bond acceptors (Lipinski definition) is 4. The lowest BCUT2D eigenvalue weighted by molar-refractivity contribution is 0.0738. The van der Waals surface area contributed by atoms with E-state index in [1.165, 1.54) is 0 Å². The predicted molar refractivity (Wildman–Crippen MR) is 88.9 cm³/mol. The molecule has 2 aromatic rings. The van der Waals surface area contributed by atoms with Crippen molar-refractivity contribution in [2.75, 3.05) is 6.54 Å². The molecule has 0 N–H and O–H groups in total. The van der Waals surface area contributed by atoms with Crippen LogP contribution in [-0.2, 0) is 0 Å². The zero-order valence-electron chi connectivity index (χ0n) is 12.0. The Hall–Kier alpha value is -1.46. The summed E-state index contributed by atoms with van der Waals surface area (Å²) in [7, 11) is 0. The molecule has 0 radical (unpaired) electrons. The fourth-order valence-electron chi connectivity index (χ4n) is 2.50. The Morgan fingerprint density at radius 1 is 1.48 bits per heavy atom. The van der Waals surface area contributed by atoms with Crippen LogP contribution in [0.2, 0.25) is 0 Å². The second-order valence-electron chi connectivity index (χ2n) is 5.11. The van der Waals surface area contributed by atoms with Crippen molar-refractivity contribution >= 4 is 28.6 Å². The average molecular weight is 318 g/mol. The molecule has 0 saturated heterocycles. The molecule has 0 fully saturated rings. The first-order chi connectivity index (χ1) is 10.3. The number of amides is 1. The van der Waals surface area contributed by atoms with Gasteiger partial charge in [-0.2, -0.15) is 0 Å². The van der Waals surface area contributed by atoms with Gasteiger partial charge in [0, 0.05) is 11.9 Å². The zero-order valence-corrected chi connectivity index (χ0v) is 13.6. The van der Waals surface area contributed by atoms with E-state index in [1.54, 1.807) is 22.7 Å². The van der Waals surface area contributed by atoms with Crippen LogP contribution in [0.15, 0.2) is 35.0 Å². The Bertz CT molecular complexity index is 631. The molecule has 1 atom stereocenters. The molecule has 0 saturated carbocycles. The van der Waals surface area contributed by atoms with Crippen molar-refractivity contribution in [3.63, 3.8) is 0 Å². The summed E-state index contributed by atoms with van der Waals surface area (Å²) in [6, 6.07) is 4.29. The highest BCUT2D eigenvalue weighted by atomic mass is 32.1. The number of unbranched alkanes of at least 4 members (excludes halogenated alkanes) is 1. The van der Waals surface area contributed by atoms with Crippen LogP contribution in [0.5, 0.6) is 0 Å². The van der Waals surface area contributed by atoms with Crippen molar-refractivity contribution in [3.8, 4) is 9.88 Å². The summed E-state index contributed by atoms with van der Waals surface area (Å²) in [5.74, 6) is 0.0557. The molecule has 0 spiro atoms.